The lowest BCUT2D eigenvalue weighted by molar-refractivity contribution is 0.0126. The topological polar surface area (TPSA) is 77.1 Å². The van der Waals surface area contributed by atoms with Crippen LogP contribution in [-0.4, -0.2) is 95.7 Å². The van der Waals surface area contributed by atoms with Gasteiger partial charge in [-0.3, -0.25) is 0 Å². The largest absolute Gasteiger partial charge is 0.501 e. The Balaban J connectivity index is 2.43. The van der Waals surface area contributed by atoms with Crippen molar-refractivity contribution in [3.05, 3.63) is 0 Å². The van der Waals surface area contributed by atoms with Gasteiger partial charge in [-0.1, -0.05) is 0 Å². The molecule has 1 rings (SSSR count). The van der Waals surface area contributed by atoms with Crippen LogP contribution in [0.2, 0.25) is 6.04 Å². The molecule has 9 heteroatoms. The molecule has 1 aliphatic rings. The van der Waals surface area contributed by atoms with Crippen LogP contribution in [0.3, 0.4) is 0 Å². The van der Waals surface area contributed by atoms with Gasteiger partial charge in [-0.25, -0.2) is 0 Å². The third-order valence-corrected chi connectivity index (χ3v) is 6.20. The number of epoxide rings is 1. The van der Waals surface area contributed by atoms with E-state index in [2.05, 4.69) is 0 Å². The summed E-state index contributed by atoms with van der Waals surface area (Å²) < 4.78 is 43.8. The molecule has 1 heterocycles. The lowest BCUT2D eigenvalue weighted by Gasteiger charge is -2.29. The minimum absolute atomic E-state index is 0.279. The highest BCUT2D eigenvalue weighted by Crippen LogP contribution is 2.19. The molecule has 1 fully saturated rings. The molecule has 0 aromatic carbocycles. The normalized spacial score (nSPS) is 17.4. The molecule has 0 bridgehead atoms. The summed E-state index contributed by atoms with van der Waals surface area (Å²) in [7, 11) is 2.09. The van der Waals surface area contributed by atoms with E-state index in [-0.39, 0.29) is 6.10 Å². The van der Waals surface area contributed by atoms with Crippen LogP contribution in [0.5, 0.6) is 0 Å². The van der Waals surface area contributed by atoms with E-state index in [1.807, 2.05) is 0 Å². The summed E-state index contributed by atoms with van der Waals surface area (Å²) in [5.74, 6) is 0. The molecule has 0 saturated carbocycles. The highest BCUT2D eigenvalue weighted by atomic mass is 28.4. The van der Waals surface area contributed by atoms with Crippen molar-refractivity contribution in [1.82, 2.24) is 0 Å². The first-order valence-corrected chi connectivity index (χ1v) is 10.3. The van der Waals surface area contributed by atoms with Crippen molar-refractivity contribution in [3.63, 3.8) is 0 Å². The lowest BCUT2D eigenvalue weighted by atomic mass is 10.5. The molecule has 0 N–H and O–H groups in total. The van der Waals surface area contributed by atoms with E-state index >= 15 is 0 Å². The van der Waals surface area contributed by atoms with Gasteiger partial charge >= 0.3 is 8.80 Å². The van der Waals surface area contributed by atoms with Gasteiger partial charge in [-0.15, -0.1) is 0 Å². The maximum absolute atomic E-state index is 5.98. The third-order valence-electron chi connectivity index (χ3n) is 3.31. The summed E-state index contributed by atoms with van der Waals surface area (Å²) in [4.78, 5) is 0. The average molecular weight is 368 g/mol. The van der Waals surface area contributed by atoms with E-state index in [9.17, 15) is 0 Å². The highest BCUT2D eigenvalue weighted by Gasteiger charge is 2.40. The number of hydrogen-bond acceptors (Lipinski definition) is 8. The Labute approximate surface area is 146 Å². The van der Waals surface area contributed by atoms with E-state index in [0.29, 0.717) is 58.9 Å². The monoisotopic (exact) mass is 368 g/mol. The molecule has 8 nitrogen and oxygen atoms in total. The Morgan fingerprint density at radius 1 is 0.792 bits per heavy atom. The highest BCUT2D eigenvalue weighted by molar-refractivity contribution is 6.60. The zero-order valence-corrected chi connectivity index (χ0v) is 16.1. The summed E-state index contributed by atoms with van der Waals surface area (Å²) >= 11 is 0. The van der Waals surface area contributed by atoms with Crippen LogP contribution in [0.25, 0.3) is 0 Å². The minimum atomic E-state index is -2.82. The van der Waals surface area contributed by atoms with Crippen LogP contribution in [0.4, 0.5) is 0 Å². The molecule has 1 saturated heterocycles. The van der Waals surface area contributed by atoms with Crippen molar-refractivity contribution in [3.8, 4) is 0 Å². The van der Waals surface area contributed by atoms with Gasteiger partial charge in [-0.2, -0.15) is 0 Å². The van der Waals surface area contributed by atoms with Crippen LogP contribution in [0.15, 0.2) is 0 Å². The second-order valence-corrected chi connectivity index (χ2v) is 8.07. The standard InChI is InChI=1S/C15H32O8Si/c1-16-6-9-21-24(22-10-7-17-2,23-11-8-18-3)12-4-5-19-13-15-14-20-15/h15H,4-14H2,1-3H3. The minimum Gasteiger partial charge on any atom is -0.382 e. The van der Waals surface area contributed by atoms with Crippen molar-refractivity contribution in [2.75, 3.05) is 80.8 Å². The van der Waals surface area contributed by atoms with E-state index in [4.69, 9.17) is 37.0 Å². The van der Waals surface area contributed by atoms with Crippen molar-refractivity contribution in [1.29, 1.82) is 0 Å². The molecule has 0 amide bonds. The summed E-state index contributed by atoms with van der Waals surface area (Å²) in [6.07, 6.45) is 1.08. The number of ether oxygens (including phenoxy) is 5. The predicted molar refractivity (Wildman–Crippen MR) is 89.2 cm³/mol. The van der Waals surface area contributed by atoms with E-state index < -0.39 is 8.80 Å². The Morgan fingerprint density at radius 2 is 1.29 bits per heavy atom. The molecule has 0 aromatic rings. The fourth-order valence-electron chi connectivity index (χ4n) is 1.95. The molecule has 1 unspecified atom stereocenters. The molecular formula is C15H32O8Si. The van der Waals surface area contributed by atoms with Crippen molar-refractivity contribution < 1.29 is 37.0 Å². The Morgan fingerprint density at radius 3 is 1.71 bits per heavy atom. The van der Waals surface area contributed by atoms with Crippen molar-refractivity contribution in [2.45, 2.75) is 18.6 Å². The molecule has 0 spiro atoms. The molecule has 1 aliphatic heterocycles. The Kier molecular flexibility index (Phi) is 12.9. The van der Waals surface area contributed by atoms with E-state index in [1.54, 1.807) is 21.3 Å². The molecule has 1 atom stereocenters. The molecule has 0 aliphatic carbocycles. The van der Waals surface area contributed by atoms with Crippen LogP contribution < -0.4 is 0 Å². The number of methoxy groups -OCH3 is 3. The first kappa shape index (κ1) is 21.9. The summed E-state index contributed by atoms with van der Waals surface area (Å²) in [6.45, 7) is 4.84. The van der Waals surface area contributed by atoms with Crippen LogP contribution in [0.1, 0.15) is 6.42 Å². The van der Waals surface area contributed by atoms with Crippen LogP contribution in [0, 0.1) is 0 Å². The van der Waals surface area contributed by atoms with E-state index in [1.165, 1.54) is 0 Å². The second-order valence-electron chi connectivity index (χ2n) is 5.34. The van der Waals surface area contributed by atoms with Gasteiger partial charge in [0.15, 0.2) is 0 Å². The zero-order chi connectivity index (χ0) is 17.5. The fraction of sp³-hybridized carbons (Fsp3) is 1.00. The molecular weight excluding hydrogens is 336 g/mol. The zero-order valence-electron chi connectivity index (χ0n) is 15.1. The molecule has 144 valence electrons. The molecule has 0 radical (unpaired) electrons. The summed E-state index contributed by atoms with van der Waals surface area (Å²) in [5.41, 5.74) is 0. The average Bonchev–Trinajstić information content (AvgIpc) is 3.39. The van der Waals surface area contributed by atoms with Gasteiger partial charge in [0.25, 0.3) is 0 Å². The van der Waals surface area contributed by atoms with Gasteiger partial charge in [0.2, 0.25) is 0 Å². The smallest absolute Gasteiger partial charge is 0.382 e. The lowest BCUT2D eigenvalue weighted by Crippen LogP contribution is -2.48. The van der Waals surface area contributed by atoms with Crippen LogP contribution in [-0.2, 0) is 37.0 Å². The first-order chi connectivity index (χ1) is 11.8. The first-order valence-electron chi connectivity index (χ1n) is 8.34. The van der Waals surface area contributed by atoms with Crippen molar-refractivity contribution >= 4 is 8.80 Å². The summed E-state index contributed by atoms with van der Waals surface area (Å²) in [6, 6.07) is 0.676. The predicted octanol–water partition coefficient (Wildman–Crippen LogP) is 0.720. The SMILES string of the molecule is COCCO[Si](CCCOCC1CO1)(OCCOC)OCCOC. The Bertz CT molecular complexity index is 264. The fourth-order valence-corrected chi connectivity index (χ4v) is 4.40. The Hall–Kier alpha value is -0.103. The number of rotatable bonds is 18. The molecule has 0 aromatic heterocycles. The van der Waals surface area contributed by atoms with Crippen LogP contribution >= 0.6 is 0 Å². The third kappa shape index (κ3) is 10.7. The van der Waals surface area contributed by atoms with Gasteiger partial charge in [0, 0.05) is 34.0 Å². The maximum Gasteiger partial charge on any atom is 0.501 e. The molecule has 24 heavy (non-hydrogen) atoms. The second kappa shape index (κ2) is 14.1. The maximum atomic E-state index is 5.98. The van der Waals surface area contributed by atoms with Gasteiger partial charge in [0.1, 0.15) is 6.10 Å². The number of hydrogen-bond donors (Lipinski definition) is 0. The van der Waals surface area contributed by atoms with Gasteiger partial charge < -0.3 is 37.0 Å². The quantitative estimate of drug-likeness (QED) is 0.199. The summed E-state index contributed by atoms with van der Waals surface area (Å²) in [5, 5.41) is 0. The van der Waals surface area contributed by atoms with E-state index in [0.717, 1.165) is 13.0 Å². The van der Waals surface area contributed by atoms with Gasteiger partial charge in [0.05, 0.1) is 52.9 Å². The van der Waals surface area contributed by atoms with Crippen molar-refractivity contribution in [2.24, 2.45) is 0 Å². The van der Waals surface area contributed by atoms with Gasteiger partial charge in [-0.05, 0) is 6.42 Å².